The lowest BCUT2D eigenvalue weighted by Crippen LogP contribution is -2.30. The van der Waals surface area contributed by atoms with E-state index in [0.29, 0.717) is 12.2 Å². The molecule has 1 aromatic carbocycles. The Balaban J connectivity index is 2.00. The zero-order valence-corrected chi connectivity index (χ0v) is 10.8. The summed E-state index contributed by atoms with van der Waals surface area (Å²) in [6, 6.07) is 7.16. The van der Waals surface area contributed by atoms with Crippen molar-refractivity contribution < 1.29 is 14.3 Å². The average molecular weight is 249 g/mol. The minimum absolute atomic E-state index is 0.123. The van der Waals surface area contributed by atoms with Crippen molar-refractivity contribution in [2.45, 2.75) is 25.5 Å². The number of methoxy groups -OCH3 is 1. The van der Waals surface area contributed by atoms with Crippen molar-refractivity contribution in [2.24, 2.45) is 0 Å². The van der Waals surface area contributed by atoms with Gasteiger partial charge in [-0.2, -0.15) is 0 Å². The minimum Gasteiger partial charge on any atom is -0.494 e. The molecule has 0 aliphatic carbocycles. The summed E-state index contributed by atoms with van der Waals surface area (Å²) in [7, 11) is 1.68. The highest BCUT2D eigenvalue weighted by atomic mass is 16.5. The second kappa shape index (κ2) is 5.98. The second-order valence-corrected chi connectivity index (χ2v) is 4.38. The molecule has 1 heterocycles. The Hall–Kier alpha value is -1.39. The predicted octanol–water partition coefficient (Wildman–Crippen LogP) is 1.64. The Morgan fingerprint density at radius 1 is 1.39 bits per heavy atom. The predicted molar refractivity (Wildman–Crippen MR) is 69.1 cm³/mol. The summed E-state index contributed by atoms with van der Waals surface area (Å²) in [5.41, 5.74) is 0.715. The highest BCUT2D eigenvalue weighted by molar-refractivity contribution is 6.00. The van der Waals surface area contributed by atoms with Crippen LogP contribution in [0.4, 0.5) is 0 Å². The summed E-state index contributed by atoms with van der Waals surface area (Å²) in [6.07, 6.45) is 0.879. The minimum atomic E-state index is -0.132. The van der Waals surface area contributed by atoms with Gasteiger partial charge in [0.15, 0.2) is 5.78 Å². The van der Waals surface area contributed by atoms with Crippen LogP contribution in [0.3, 0.4) is 0 Å². The zero-order chi connectivity index (χ0) is 13.0. The lowest BCUT2D eigenvalue weighted by atomic mass is 10.0. The van der Waals surface area contributed by atoms with Gasteiger partial charge in [0, 0.05) is 19.2 Å². The van der Waals surface area contributed by atoms with Gasteiger partial charge in [-0.05, 0) is 37.6 Å². The van der Waals surface area contributed by atoms with Crippen LogP contribution >= 0.6 is 0 Å². The van der Waals surface area contributed by atoms with E-state index >= 15 is 0 Å². The molecule has 0 bridgehead atoms. The number of ketones is 1. The van der Waals surface area contributed by atoms with Crippen molar-refractivity contribution in [1.29, 1.82) is 0 Å². The van der Waals surface area contributed by atoms with Crippen molar-refractivity contribution in [2.75, 3.05) is 20.3 Å². The zero-order valence-electron chi connectivity index (χ0n) is 10.8. The van der Waals surface area contributed by atoms with Gasteiger partial charge in [-0.1, -0.05) is 0 Å². The molecule has 0 spiro atoms. The van der Waals surface area contributed by atoms with Crippen LogP contribution in [0.1, 0.15) is 23.7 Å². The first-order valence-corrected chi connectivity index (χ1v) is 6.27. The summed E-state index contributed by atoms with van der Waals surface area (Å²) >= 11 is 0. The maximum absolute atomic E-state index is 12.2. The number of Topliss-reactive ketones (excluding diaryl/α,β-unsaturated/α-hetero) is 1. The maximum atomic E-state index is 12.2. The largest absolute Gasteiger partial charge is 0.494 e. The van der Waals surface area contributed by atoms with Crippen molar-refractivity contribution in [3.63, 3.8) is 0 Å². The molecule has 4 heteroatoms. The molecule has 0 aromatic heterocycles. The number of nitrogens with one attached hydrogen (secondary N) is 1. The highest BCUT2D eigenvalue weighted by Crippen LogP contribution is 2.17. The summed E-state index contributed by atoms with van der Waals surface area (Å²) < 4.78 is 10.6. The first kappa shape index (κ1) is 13.1. The topological polar surface area (TPSA) is 47.6 Å². The molecule has 1 aliphatic rings. The fourth-order valence-corrected chi connectivity index (χ4v) is 2.17. The van der Waals surface area contributed by atoms with E-state index in [1.807, 2.05) is 31.2 Å². The van der Waals surface area contributed by atoms with E-state index in [2.05, 4.69) is 5.32 Å². The number of carbonyl (C=O) groups excluding carboxylic acids is 1. The molecule has 1 aliphatic heterocycles. The van der Waals surface area contributed by atoms with E-state index in [1.165, 1.54) is 0 Å². The second-order valence-electron chi connectivity index (χ2n) is 4.38. The highest BCUT2D eigenvalue weighted by Gasteiger charge is 2.29. The van der Waals surface area contributed by atoms with E-state index in [-0.39, 0.29) is 17.9 Å². The van der Waals surface area contributed by atoms with Crippen molar-refractivity contribution >= 4 is 5.78 Å². The van der Waals surface area contributed by atoms with Gasteiger partial charge in [-0.25, -0.2) is 0 Å². The Morgan fingerprint density at radius 2 is 2.11 bits per heavy atom. The average Bonchev–Trinajstić information content (AvgIpc) is 2.88. The van der Waals surface area contributed by atoms with Crippen molar-refractivity contribution in [3.05, 3.63) is 29.8 Å². The van der Waals surface area contributed by atoms with Crippen LogP contribution in [0.25, 0.3) is 0 Å². The van der Waals surface area contributed by atoms with Gasteiger partial charge in [0.25, 0.3) is 0 Å². The third kappa shape index (κ3) is 2.89. The molecule has 2 rings (SSSR count). The number of ether oxygens (including phenoxy) is 2. The van der Waals surface area contributed by atoms with Crippen molar-refractivity contribution in [3.8, 4) is 5.75 Å². The molecule has 1 aromatic rings. The lowest BCUT2D eigenvalue weighted by molar-refractivity contribution is 0.0919. The molecule has 18 heavy (non-hydrogen) atoms. The Kier molecular flexibility index (Phi) is 4.33. The molecule has 1 fully saturated rings. The van der Waals surface area contributed by atoms with Crippen LogP contribution in [-0.2, 0) is 4.74 Å². The Morgan fingerprint density at radius 3 is 2.67 bits per heavy atom. The van der Waals surface area contributed by atoms with Crippen LogP contribution in [0, 0.1) is 0 Å². The number of hydrogen-bond donors (Lipinski definition) is 1. The van der Waals surface area contributed by atoms with Gasteiger partial charge < -0.3 is 14.8 Å². The van der Waals surface area contributed by atoms with Crippen molar-refractivity contribution in [1.82, 2.24) is 5.32 Å². The fourth-order valence-electron chi connectivity index (χ4n) is 2.17. The van der Waals surface area contributed by atoms with Gasteiger partial charge in [-0.15, -0.1) is 0 Å². The van der Waals surface area contributed by atoms with Crippen LogP contribution in [0.5, 0.6) is 5.75 Å². The number of hydrogen-bond acceptors (Lipinski definition) is 4. The molecule has 1 saturated heterocycles. The SMILES string of the molecule is CCOc1ccc(C(=O)C2CC(OC)CN2)cc1. The standard InChI is InChI=1S/C14H19NO3/c1-3-18-11-6-4-10(5-7-11)14(16)13-8-12(17-2)9-15-13/h4-7,12-13,15H,3,8-9H2,1-2H3. The number of carbonyl (C=O) groups is 1. The molecule has 0 amide bonds. The Labute approximate surface area is 107 Å². The van der Waals surface area contributed by atoms with E-state index in [9.17, 15) is 4.79 Å². The molecular formula is C14H19NO3. The van der Waals surface area contributed by atoms with E-state index in [1.54, 1.807) is 7.11 Å². The lowest BCUT2D eigenvalue weighted by Gasteiger charge is -2.10. The number of benzene rings is 1. The van der Waals surface area contributed by atoms with E-state index in [4.69, 9.17) is 9.47 Å². The maximum Gasteiger partial charge on any atom is 0.179 e. The monoisotopic (exact) mass is 249 g/mol. The smallest absolute Gasteiger partial charge is 0.179 e. The quantitative estimate of drug-likeness (QED) is 0.806. The molecule has 4 nitrogen and oxygen atoms in total. The first-order valence-electron chi connectivity index (χ1n) is 6.27. The summed E-state index contributed by atoms with van der Waals surface area (Å²) in [6.45, 7) is 3.31. The molecule has 0 radical (unpaired) electrons. The van der Waals surface area contributed by atoms with Gasteiger partial charge in [-0.3, -0.25) is 4.79 Å². The molecule has 1 N–H and O–H groups in total. The van der Waals surface area contributed by atoms with E-state index < -0.39 is 0 Å². The van der Waals surface area contributed by atoms with Crippen LogP contribution in [-0.4, -0.2) is 38.2 Å². The first-order chi connectivity index (χ1) is 8.74. The fraction of sp³-hybridized carbons (Fsp3) is 0.500. The van der Waals surface area contributed by atoms with Gasteiger partial charge in [0.1, 0.15) is 5.75 Å². The van der Waals surface area contributed by atoms with Crippen LogP contribution in [0.15, 0.2) is 24.3 Å². The third-order valence-electron chi connectivity index (χ3n) is 3.19. The molecule has 0 saturated carbocycles. The molecule has 98 valence electrons. The summed E-state index contributed by atoms with van der Waals surface area (Å²) in [5.74, 6) is 0.917. The van der Waals surface area contributed by atoms with Gasteiger partial charge in [0.05, 0.1) is 18.8 Å². The number of rotatable bonds is 5. The Bertz CT molecular complexity index is 402. The summed E-state index contributed by atoms with van der Waals surface area (Å²) in [5, 5.41) is 3.19. The van der Waals surface area contributed by atoms with Crippen LogP contribution < -0.4 is 10.1 Å². The molecule has 2 unspecified atom stereocenters. The normalized spacial score (nSPS) is 23.0. The molecule has 2 atom stereocenters. The molecular weight excluding hydrogens is 230 g/mol. The summed E-state index contributed by atoms with van der Waals surface area (Å²) in [4.78, 5) is 12.2. The van der Waals surface area contributed by atoms with E-state index in [0.717, 1.165) is 18.7 Å². The third-order valence-corrected chi connectivity index (χ3v) is 3.19. The van der Waals surface area contributed by atoms with Gasteiger partial charge in [0.2, 0.25) is 0 Å². The van der Waals surface area contributed by atoms with Gasteiger partial charge >= 0.3 is 0 Å². The van der Waals surface area contributed by atoms with Crippen LogP contribution in [0.2, 0.25) is 0 Å².